The lowest BCUT2D eigenvalue weighted by molar-refractivity contribution is -0.121. The molecule has 0 aromatic rings. The zero-order chi connectivity index (χ0) is 7.56. The molecule has 0 N–H and O–H groups in total. The monoisotopic (exact) mass is 137 g/mol. The van der Waals surface area contributed by atoms with Crippen molar-refractivity contribution in [3.8, 4) is 6.07 Å². The normalized spacial score (nSPS) is 19.6. The van der Waals surface area contributed by atoms with E-state index in [1.807, 2.05) is 6.07 Å². The third-order valence-electron chi connectivity index (χ3n) is 1.86. The predicted molar refractivity (Wildman–Crippen MR) is 37.1 cm³/mol. The Morgan fingerprint density at radius 1 is 1.80 bits per heavy atom. The summed E-state index contributed by atoms with van der Waals surface area (Å²) in [6, 6.07) is 1.95. The zero-order valence-electron chi connectivity index (χ0n) is 6.13. The fraction of sp³-hybridized carbons (Fsp3) is 0.750. The molecule has 10 heavy (non-hydrogen) atoms. The minimum atomic E-state index is -0.388. The van der Waals surface area contributed by atoms with Gasteiger partial charge >= 0.3 is 0 Å². The Hall–Kier alpha value is -0.840. The van der Waals surface area contributed by atoms with E-state index in [1.54, 1.807) is 6.92 Å². The Balaban J connectivity index is 2.27. The Morgan fingerprint density at radius 3 is 2.80 bits per heavy atom. The van der Waals surface area contributed by atoms with E-state index in [-0.39, 0.29) is 11.7 Å². The van der Waals surface area contributed by atoms with E-state index < -0.39 is 0 Å². The molecule has 2 heteroatoms. The molecule has 0 bridgehead atoms. The number of ketones is 1. The maximum atomic E-state index is 11.0. The summed E-state index contributed by atoms with van der Waals surface area (Å²) in [5.41, 5.74) is 0. The van der Waals surface area contributed by atoms with E-state index >= 15 is 0 Å². The van der Waals surface area contributed by atoms with Gasteiger partial charge in [0.2, 0.25) is 0 Å². The minimum absolute atomic E-state index is 0.116. The fourth-order valence-electron chi connectivity index (χ4n) is 0.855. The number of nitriles is 1. The van der Waals surface area contributed by atoms with E-state index in [4.69, 9.17) is 5.26 Å². The summed E-state index contributed by atoms with van der Waals surface area (Å²) in [6.07, 6.45) is 3.00. The van der Waals surface area contributed by atoms with Crippen LogP contribution >= 0.6 is 0 Å². The highest BCUT2D eigenvalue weighted by molar-refractivity contribution is 5.83. The van der Waals surface area contributed by atoms with Gasteiger partial charge in [-0.1, -0.05) is 0 Å². The Morgan fingerprint density at radius 2 is 2.40 bits per heavy atom. The van der Waals surface area contributed by atoms with Gasteiger partial charge in [-0.15, -0.1) is 0 Å². The molecule has 1 unspecified atom stereocenters. The molecule has 0 radical (unpaired) electrons. The number of carbonyl (C=O) groups excluding carboxylic acids is 1. The van der Waals surface area contributed by atoms with Crippen LogP contribution in [0.25, 0.3) is 0 Å². The number of hydrogen-bond donors (Lipinski definition) is 0. The van der Waals surface area contributed by atoms with E-state index in [1.165, 1.54) is 12.8 Å². The van der Waals surface area contributed by atoms with Crippen molar-refractivity contribution in [1.29, 1.82) is 5.26 Å². The van der Waals surface area contributed by atoms with Crippen LogP contribution in [0, 0.1) is 23.2 Å². The van der Waals surface area contributed by atoms with Crippen LogP contribution in [0.5, 0.6) is 0 Å². The van der Waals surface area contributed by atoms with Gasteiger partial charge in [-0.25, -0.2) is 0 Å². The molecule has 0 aromatic carbocycles. The summed E-state index contributed by atoms with van der Waals surface area (Å²) < 4.78 is 0. The first-order chi connectivity index (χ1) is 4.74. The quantitative estimate of drug-likeness (QED) is 0.591. The van der Waals surface area contributed by atoms with Crippen molar-refractivity contribution >= 4 is 5.78 Å². The van der Waals surface area contributed by atoms with E-state index in [0.717, 1.165) is 0 Å². The maximum absolute atomic E-state index is 11.0. The van der Waals surface area contributed by atoms with Crippen molar-refractivity contribution in [3.63, 3.8) is 0 Å². The molecule has 0 spiro atoms. The molecular weight excluding hydrogens is 126 g/mol. The third-order valence-corrected chi connectivity index (χ3v) is 1.86. The molecular formula is C8H11NO. The van der Waals surface area contributed by atoms with Crippen LogP contribution in [0.2, 0.25) is 0 Å². The number of hydrogen-bond acceptors (Lipinski definition) is 2. The summed E-state index contributed by atoms with van der Waals surface area (Å²) in [5.74, 6) is 0.342. The second-order valence-corrected chi connectivity index (χ2v) is 2.96. The van der Waals surface area contributed by atoms with Gasteiger partial charge in [0, 0.05) is 6.42 Å². The number of Topliss-reactive ketones (excluding diaryl/α,β-unsaturated/α-hetero) is 1. The van der Waals surface area contributed by atoms with Gasteiger partial charge < -0.3 is 0 Å². The molecule has 0 saturated heterocycles. The van der Waals surface area contributed by atoms with Gasteiger partial charge in [-0.3, -0.25) is 4.79 Å². The summed E-state index contributed by atoms with van der Waals surface area (Å²) in [5, 5.41) is 8.37. The second kappa shape index (κ2) is 2.83. The molecule has 2 nitrogen and oxygen atoms in total. The SMILES string of the molecule is CC(C#N)C(=O)CC1CC1. The highest BCUT2D eigenvalue weighted by Crippen LogP contribution is 2.33. The van der Waals surface area contributed by atoms with Gasteiger partial charge in [0.05, 0.1) is 6.07 Å². The van der Waals surface area contributed by atoms with Crippen LogP contribution in [-0.2, 0) is 4.79 Å². The molecule has 0 aromatic heterocycles. The van der Waals surface area contributed by atoms with E-state index in [9.17, 15) is 4.79 Å². The molecule has 1 rings (SSSR count). The van der Waals surface area contributed by atoms with Gasteiger partial charge in [0.25, 0.3) is 0 Å². The molecule has 54 valence electrons. The predicted octanol–water partition coefficient (Wildman–Crippen LogP) is 1.52. The molecule has 0 heterocycles. The van der Waals surface area contributed by atoms with Gasteiger partial charge in [0.15, 0.2) is 0 Å². The standard InChI is InChI=1S/C8H11NO/c1-6(5-9)8(10)4-7-2-3-7/h6-7H,2-4H2,1H3. The first-order valence-corrected chi connectivity index (χ1v) is 3.66. The smallest absolute Gasteiger partial charge is 0.149 e. The lowest BCUT2D eigenvalue weighted by atomic mass is 10.0. The van der Waals surface area contributed by atoms with Crippen LogP contribution < -0.4 is 0 Å². The number of carbonyl (C=O) groups is 1. The molecule has 0 amide bonds. The Kier molecular flexibility index (Phi) is 2.06. The number of nitrogens with zero attached hydrogens (tertiary/aromatic N) is 1. The summed E-state index contributed by atoms with van der Waals surface area (Å²) >= 11 is 0. The molecule has 0 aliphatic heterocycles. The Bertz CT molecular complexity index is 176. The van der Waals surface area contributed by atoms with E-state index in [2.05, 4.69) is 0 Å². The van der Waals surface area contributed by atoms with Gasteiger partial charge in [0.1, 0.15) is 11.7 Å². The first kappa shape index (κ1) is 7.27. The summed E-state index contributed by atoms with van der Waals surface area (Å²) in [6.45, 7) is 1.67. The first-order valence-electron chi connectivity index (χ1n) is 3.66. The minimum Gasteiger partial charge on any atom is -0.298 e. The van der Waals surface area contributed by atoms with Crippen LogP contribution in [0.15, 0.2) is 0 Å². The average molecular weight is 137 g/mol. The van der Waals surface area contributed by atoms with Gasteiger partial charge in [-0.05, 0) is 25.7 Å². The highest BCUT2D eigenvalue weighted by atomic mass is 16.1. The van der Waals surface area contributed by atoms with Crippen molar-refractivity contribution in [2.45, 2.75) is 26.2 Å². The van der Waals surface area contributed by atoms with Crippen molar-refractivity contribution in [3.05, 3.63) is 0 Å². The van der Waals surface area contributed by atoms with Crippen LogP contribution in [-0.4, -0.2) is 5.78 Å². The fourth-order valence-corrected chi connectivity index (χ4v) is 0.855. The largest absolute Gasteiger partial charge is 0.298 e. The molecule has 1 atom stereocenters. The molecule has 1 aliphatic carbocycles. The third kappa shape index (κ3) is 1.84. The topological polar surface area (TPSA) is 40.9 Å². The van der Waals surface area contributed by atoms with Crippen molar-refractivity contribution in [2.75, 3.05) is 0 Å². The van der Waals surface area contributed by atoms with Crippen molar-refractivity contribution in [2.24, 2.45) is 11.8 Å². The van der Waals surface area contributed by atoms with Crippen LogP contribution in [0.4, 0.5) is 0 Å². The van der Waals surface area contributed by atoms with E-state index in [0.29, 0.717) is 12.3 Å². The van der Waals surface area contributed by atoms with Crippen LogP contribution in [0.1, 0.15) is 26.2 Å². The van der Waals surface area contributed by atoms with Crippen LogP contribution in [0.3, 0.4) is 0 Å². The maximum Gasteiger partial charge on any atom is 0.149 e. The number of rotatable bonds is 3. The molecule has 1 saturated carbocycles. The average Bonchev–Trinajstić information content (AvgIpc) is 2.70. The lowest BCUT2D eigenvalue weighted by Crippen LogP contribution is -2.08. The van der Waals surface area contributed by atoms with Crippen molar-refractivity contribution < 1.29 is 4.79 Å². The second-order valence-electron chi connectivity index (χ2n) is 2.96. The zero-order valence-corrected chi connectivity index (χ0v) is 6.13. The van der Waals surface area contributed by atoms with Crippen molar-refractivity contribution in [1.82, 2.24) is 0 Å². The summed E-state index contributed by atoms with van der Waals surface area (Å²) in [4.78, 5) is 11.0. The highest BCUT2D eigenvalue weighted by Gasteiger charge is 2.26. The molecule has 1 aliphatic rings. The molecule has 1 fully saturated rings. The van der Waals surface area contributed by atoms with Gasteiger partial charge in [-0.2, -0.15) is 5.26 Å². The summed E-state index contributed by atoms with van der Waals surface area (Å²) in [7, 11) is 0. The lowest BCUT2D eigenvalue weighted by Gasteiger charge is -1.97. The Labute approximate surface area is 60.8 Å².